The van der Waals surface area contributed by atoms with Crippen LogP contribution in [-0.4, -0.2) is 43.3 Å². The number of carbonyl (C=O) groups excluding carboxylic acids is 1. The first-order chi connectivity index (χ1) is 9.46. The molecule has 0 saturated carbocycles. The molecule has 2 unspecified atom stereocenters. The molecule has 1 aromatic heterocycles. The quantitative estimate of drug-likeness (QED) is 0.886. The third-order valence-corrected chi connectivity index (χ3v) is 6.73. The molecule has 110 valence electrons. The molecule has 2 atom stereocenters. The highest BCUT2D eigenvalue weighted by molar-refractivity contribution is 7.91. The second-order valence-corrected chi connectivity index (χ2v) is 8.99. The highest BCUT2D eigenvalue weighted by Gasteiger charge is 2.40. The van der Waals surface area contributed by atoms with Gasteiger partial charge >= 0.3 is 0 Å². The van der Waals surface area contributed by atoms with Crippen LogP contribution >= 0.6 is 11.3 Å². The Morgan fingerprint density at radius 2 is 2.20 bits per heavy atom. The van der Waals surface area contributed by atoms with Crippen LogP contribution in [0.3, 0.4) is 0 Å². The van der Waals surface area contributed by atoms with Crippen molar-refractivity contribution in [2.24, 2.45) is 0 Å². The van der Waals surface area contributed by atoms with E-state index in [1.807, 2.05) is 19.1 Å². The lowest BCUT2D eigenvalue weighted by Crippen LogP contribution is -2.46. The lowest BCUT2D eigenvalue weighted by Gasteiger charge is -2.34. The monoisotopic (exact) mass is 314 g/mol. The Kier molecular flexibility index (Phi) is 3.60. The third-order valence-electron chi connectivity index (χ3n) is 3.88. The van der Waals surface area contributed by atoms with Crippen LogP contribution in [0.2, 0.25) is 0 Å². The number of hydrogen-bond donors (Lipinski definition) is 1. The summed E-state index contributed by atoms with van der Waals surface area (Å²) in [6.45, 7) is 2.32. The number of nitrogens with zero attached hydrogens (tertiary/aromatic N) is 1. The van der Waals surface area contributed by atoms with Gasteiger partial charge in [0.1, 0.15) is 6.17 Å². The van der Waals surface area contributed by atoms with Gasteiger partial charge in [0.2, 0.25) is 5.91 Å². The van der Waals surface area contributed by atoms with E-state index in [9.17, 15) is 13.2 Å². The minimum atomic E-state index is -3.01. The normalized spacial score (nSPS) is 29.9. The van der Waals surface area contributed by atoms with Crippen molar-refractivity contribution in [3.05, 3.63) is 21.9 Å². The van der Waals surface area contributed by atoms with Crippen LogP contribution < -0.4 is 5.32 Å². The molecule has 2 aliphatic heterocycles. The van der Waals surface area contributed by atoms with Crippen LogP contribution in [0.15, 0.2) is 12.1 Å². The second kappa shape index (κ2) is 5.13. The number of thiophene rings is 1. The van der Waals surface area contributed by atoms with Crippen LogP contribution in [0, 0.1) is 6.92 Å². The standard InChI is InChI=1S/C13H18N2O3S2/c1-9-4-5-11(19-9)13-14-7-12(16)15(13)10-3-2-6-20(17,18)8-10/h4-5,10,13-14H,2-3,6-8H2,1H3. The predicted molar refractivity (Wildman–Crippen MR) is 78.3 cm³/mol. The lowest BCUT2D eigenvalue weighted by molar-refractivity contribution is -0.130. The van der Waals surface area contributed by atoms with Crippen molar-refractivity contribution in [3.63, 3.8) is 0 Å². The summed E-state index contributed by atoms with van der Waals surface area (Å²) in [6.07, 6.45) is 1.25. The maximum Gasteiger partial charge on any atom is 0.238 e. The second-order valence-electron chi connectivity index (χ2n) is 5.44. The molecule has 0 aliphatic carbocycles. The van der Waals surface area contributed by atoms with Crippen molar-refractivity contribution >= 4 is 27.1 Å². The van der Waals surface area contributed by atoms with E-state index in [-0.39, 0.29) is 36.2 Å². The molecule has 3 heterocycles. The molecule has 2 aliphatic rings. The first-order valence-electron chi connectivity index (χ1n) is 6.77. The van der Waals surface area contributed by atoms with E-state index in [4.69, 9.17) is 0 Å². The Morgan fingerprint density at radius 1 is 1.40 bits per heavy atom. The van der Waals surface area contributed by atoms with E-state index < -0.39 is 9.84 Å². The fourth-order valence-electron chi connectivity index (χ4n) is 2.99. The number of hydrogen-bond acceptors (Lipinski definition) is 5. The third kappa shape index (κ3) is 2.62. The largest absolute Gasteiger partial charge is 0.317 e. The average molecular weight is 314 g/mol. The fraction of sp³-hybridized carbons (Fsp3) is 0.615. The summed E-state index contributed by atoms with van der Waals surface area (Å²) in [5.74, 6) is 0.353. The number of sulfone groups is 1. The zero-order chi connectivity index (χ0) is 14.3. The van der Waals surface area contributed by atoms with Gasteiger partial charge in [0.05, 0.1) is 18.1 Å². The Hall–Kier alpha value is -0.920. The molecule has 2 fully saturated rings. The lowest BCUT2D eigenvalue weighted by atomic mass is 10.1. The van der Waals surface area contributed by atoms with Crippen molar-refractivity contribution in [2.75, 3.05) is 18.1 Å². The molecule has 0 bridgehead atoms. The maximum absolute atomic E-state index is 12.1. The minimum Gasteiger partial charge on any atom is -0.317 e. The van der Waals surface area contributed by atoms with Crippen LogP contribution in [0.25, 0.3) is 0 Å². The summed E-state index contributed by atoms with van der Waals surface area (Å²) in [4.78, 5) is 16.2. The zero-order valence-electron chi connectivity index (χ0n) is 11.3. The molecule has 3 rings (SSSR count). The highest BCUT2D eigenvalue weighted by Crippen LogP contribution is 2.32. The predicted octanol–water partition coefficient (Wildman–Crippen LogP) is 1.06. The molecule has 20 heavy (non-hydrogen) atoms. The fourth-order valence-corrected chi connectivity index (χ4v) is 5.63. The molecular formula is C13H18N2O3S2. The summed E-state index contributed by atoms with van der Waals surface area (Å²) < 4.78 is 23.6. The molecule has 5 nitrogen and oxygen atoms in total. The smallest absolute Gasteiger partial charge is 0.238 e. The van der Waals surface area contributed by atoms with Crippen LogP contribution in [-0.2, 0) is 14.6 Å². The summed E-state index contributed by atoms with van der Waals surface area (Å²) in [5, 5.41) is 3.20. The minimum absolute atomic E-state index is 0.00292. The summed E-state index contributed by atoms with van der Waals surface area (Å²) in [6, 6.07) is 3.85. The SMILES string of the molecule is Cc1ccc(C2NCC(=O)N2C2CCCS(=O)(=O)C2)s1. The van der Waals surface area contributed by atoms with Gasteiger partial charge in [0.25, 0.3) is 0 Å². The summed E-state index contributed by atoms with van der Waals surface area (Å²) in [7, 11) is -3.01. The first-order valence-corrected chi connectivity index (χ1v) is 9.41. The van der Waals surface area contributed by atoms with E-state index in [1.54, 1.807) is 16.2 Å². The Bertz CT molecular complexity index is 623. The summed E-state index contributed by atoms with van der Waals surface area (Å²) in [5.41, 5.74) is 0. The van der Waals surface area contributed by atoms with Crippen molar-refractivity contribution in [1.29, 1.82) is 0 Å². The van der Waals surface area contributed by atoms with Crippen molar-refractivity contribution in [3.8, 4) is 0 Å². The molecule has 1 aromatic rings. The first kappa shape index (κ1) is 14.0. The molecule has 1 N–H and O–H groups in total. The van der Waals surface area contributed by atoms with Crippen LogP contribution in [0.4, 0.5) is 0 Å². The van der Waals surface area contributed by atoms with Crippen molar-refractivity contribution < 1.29 is 13.2 Å². The van der Waals surface area contributed by atoms with E-state index in [0.29, 0.717) is 6.42 Å². The Morgan fingerprint density at radius 3 is 2.85 bits per heavy atom. The topological polar surface area (TPSA) is 66.5 Å². The molecule has 0 aromatic carbocycles. The van der Waals surface area contributed by atoms with E-state index in [0.717, 1.165) is 11.3 Å². The molecule has 0 spiro atoms. The van der Waals surface area contributed by atoms with Crippen molar-refractivity contribution in [1.82, 2.24) is 10.2 Å². The average Bonchev–Trinajstić information content (AvgIpc) is 2.94. The van der Waals surface area contributed by atoms with Gasteiger partial charge in [0.15, 0.2) is 9.84 Å². The number of aryl methyl sites for hydroxylation is 1. The van der Waals surface area contributed by atoms with Gasteiger partial charge in [-0.05, 0) is 31.9 Å². The van der Waals surface area contributed by atoms with E-state index in [1.165, 1.54) is 4.88 Å². The molecule has 2 saturated heterocycles. The highest BCUT2D eigenvalue weighted by atomic mass is 32.2. The number of amides is 1. The van der Waals surface area contributed by atoms with Crippen LogP contribution in [0.1, 0.15) is 28.8 Å². The summed E-state index contributed by atoms with van der Waals surface area (Å²) >= 11 is 1.65. The number of nitrogens with one attached hydrogen (secondary N) is 1. The van der Waals surface area contributed by atoms with Gasteiger partial charge in [-0.3, -0.25) is 10.1 Å². The number of carbonyl (C=O) groups is 1. The molecule has 0 radical (unpaired) electrons. The molecule has 7 heteroatoms. The molecular weight excluding hydrogens is 296 g/mol. The van der Waals surface area contributed by atoms with Gasteiger partial charge in [-0.25, -0.2) is 8.42 Å². The van der Waals surface area contributed by atoms with Crippen LogP contribution in [0.5, 0.6) is 0 Å². The van der Waals surface area contributed by atoms with Gasteiger partial charge in [0, 0.05) is 15.8 Å². The van der Waals surface area contributed by atoms with Gasteiger partial charge < -0.3 is 4.90 Å². The van der Waals surface area contributed by atoms with E-state index in [2.05, 4.69) is 5.32 Å². The van der Waals surface area contributed by atoms with Gasteiger partial charge in [-0.15, -0.1) is 11.3 Å². The van der Waals surface area contributed by atoms with Gasteiger partial charge in [-0.2, -0.15) is 0 Å². The Labute approximate surface area is 122 Å². The van der Waals surface area contributed by atoms with E-state index >= 15 is 0 Å². The van der Waals surface area contributed by atoms with Gasteiger partial charge in [-0.1, -0.05) is 0 Å². The maximum atomic E-state index is 12.1. The molecule has 1 amide bonds. The van der Waals surface area contributed by atoms with Crippen molar-refractivity contribution in [2.45, 2.75) is 32.0 Å². The number of rotatable bonds is 2. The zero-order valence-corrected chi connectivity index (χ0v) is 13.0. The Balaban J connectivity index is 1.87.